The van der Waals surface area contributed by atoms with Crippen LogP contribution in [0, 0.1) is 23.0 Å². The minimum Gasteiger partial charge on any atom is -0.467 e. The van der Waals surface area contributed by atoms with Gasteiger partial charge in [0.25, 0.3) is 0 Å². The first-order valence-corrected chi connectivity index (χ1v) is 17.0. The molecule has 50 heavy (non-hydrogen) atoms. The molecule has 0 saturated carbocycles. The van der Waals surface area contributed by atoms with Crippen LogP contribution in [0.25, 0.3) is 32.1 Å². The number of nitrogens with two attached hydrogens (primary N) is 1. The molecule has 0 aliphatic carbocycles. The lowest BCUT2D eigenvalue weighted by molar-refractivity contribution is -0.137. The van der Waals surface area contributed by atoms with Gasteiger partial charge in [0.15, 0.2) is 5.82 Å². The number of likely N-dealkylation sites (tertiary alicyclic amines) is 1. The van der Waals surface area contributed by atoms with Gasteiger partial charge in [-0.15, -0.1) is 11.3 Å². The van der Waals surface area contributed by atoms with Crippen LogP contribution >= 0.6 is 11.3 Å². The fourth-order valence-corrected chi connectivity index (χ4v) is 7.14. The van der Waals surface area contributed by atoms with Crippen LogP contribution in [0.2, 0.25) is 0 Å². The Morgan fingerprint density at radius 2 is 1.86 bits per heavy atom. The molecule has 1 amide bonds. The summed E-state index contributed by atoms with van der Waals surface area (Å²) >= 11 is 0.683. The van der Waals surface area contributed by atoms with Crippen molar-refractivity contribution in [2.24, 2.45) is 0 Å². The number of anilines is 2. The average molecular weight is 718 g/mol. The quantitative estimate of drug-likeness (QED) is 0.170. The van der Waals surface area contributed by atoms with Gasteiger partial charge >= 0.3 is 12.2 Å². The summed E-state index contributed by atoms with van der Waals surface area (Å²) in [5.41, 5.74) is 2.50. The van der Waals surface area contributed by atoms with Crippen molar-refractivity contribution in [1.82, 2.24) is 19.8 Å². The lowest BCUT2D eigenvalue weighted by Gasteiger charge is -2.40. The fraction of sp³-hybridized carbons (Fsp3) is 0.429. The summed E-state index contributed by atoms with van der Waals surface area (Å²) < 4.78 is 79.9. The number of nitrogens with zero attached hydrogens (tertiary/aromatic N) is 6. The van der Waals surface area contributed by atoms with E-state index in [1.807, 2.05) is 13.8 Å². The van der Waals surface area contributed by atoms with Crippen LogP contribution in [0.5, 0.6) is 6.01 Å². The number of alkyl halides is 3. The summed E-state index contributed by atoms with van der Waals surface area (Å²) in [5, 5.41) is 9.07. The highest BCUT2D eigenvalue weighted by molar-refractivity contribution is 7.23. The molecule has 6 rings (SSSR count). The molecule has 2 unspecified atom stereocenters. The molecule has 15 heteroatoms. The van der Waals surface area contributed by atoms with E-state index in [0.717, 1.165) is 24.2 Å². The first kappa shape index (κ1) is 38.3. The number of nitriles is 1. The van der Waals surface area contributed by atoms with Crippen molar-refractivity contribution < 1.29 is 31.5 Å². The Bertz CT molecular complexity index is 1930. The summed E-state index contributed by atoms with van der Waals surface area (Å²) in [6.45, 7) is 13.4. The Kier molecular flexibility index (Phi) is 11.9. The number of benzene rings is 2. The van der Waals surface area contributed by atoms with Gasteiger partial charge in [-0.2, -0.15) is 28.4 Å². The molecule has 2 aliphatic heterocycles. The lowest BCUT2D eigenvalue weighted by Crippen LogP contribution is -2.54. The van der Waals surface area contributed by atoms with Crippen molar-refractivity contribution in [3.63, 3.8) is 0 Å². The number of hydrogen-bond acceptors (Lipinski definition) is 9. The van der Waals surface area contributed by atoms with Crippen molar-refractivity contribution in [3.05, 3.63) is 53.6 Å². The average Bonchev–Trinajstić information content (AvgIpc) is 3.65. The van der Waals surface area contributed by atoms with E-state index in [9.17, 15) is 27.6 Å². The van der Waals surface area contributed by atoms with Crippen molar-refractivity contribution in [2.75, 3.05) is 51.0 Å². The van der Waals surface area contributed by atoms with Gasteiger partial charge in [-0.25, -0.2) is 8.78 Å². The number of piperazine rings is 1. The predicted octanol–water partition coefficient (Wildman–Crippen LogP) is 7.62. The lowest BCUT2D eigenvalue weighted by atomic mass is 9.92. The van der Waals surface area contributed by atoms with E-state index in [1.54, 1.807) is 22.8 Å². The summed E-state index contributed by atoms with van der Waals surface area (Å²) in [7, 11) is 3.42. The molecule has 0 spiro atoms. The standard InChI is InChI=1S/C27H21F5N6O2S.C6H13N.C2H6/c1-4-18(39)38-8-7-37(11-12(38)2)25-14-9-16(27(30,31)32)20(21(29)22(14)35-26(36-25)40-3)13-5-6-17(28)23-19(13)15(10-33)24(34)41-23;1-6-4-3-5-7(6)2;1-2/h4-6,9,12H,1,7-8,11,34H2,2-3H3;6H,3-5H2,1-2H3;1-2H3. The van der Waals surface area contributed by atoms with E-state index < -0.39 is 34.5 Å². The van der Waals surface area contributed by atoms with Crippen LogP contribution in [0.15, 0.2) is 30.9 Å². The van der Waals surface area contributed by atoms with E-state index in [1.165, 1.54) is 32.6 Å². The number of ether oxygens (including phenoxy) is 1. The molecule has 0 radical (unpaired) electrons. The van der Waals surface area contributed by atoms with Gasteiger partial charge in [0.2, 0.25) is 5.91 Å². The van der Waals surface area contributed by atoms with Gasteiger partial charge in [-0.1, -0.05) is 26.5 Å². The van der Waals surface area contributed by atoms with Crippen molar-refractivity contribution >= 4 is 49.1 Å². The van der Waals surface area contributed by atoms with E-state index in [0.29, 0.717) is 11.3 Å². The summed E-state index contributed by atoms with van der Waals surface area (Å²) in [6.07, 6.45) is -1.10. The molecule has 4 heterocycles. The van der Waals surface area contributed by atoms with Crippen molar-refractivity contribution in [2.45, 2.75) is 58.8 Å². The van der Waals surface area contributed by atoms with Gasteiger partial charge < -0.3 is 25.2 Å². The number of thiophene rings is 1. The highest BCUT2D eigenvalue weighted by atomic mass is 32.1. The maximum atomic E-state index is 16.4. The maximum Gasteiger partial charge on any atom is 0.417 e. The van der Waals surface area contributed by atoms with E-state index in [4.69, 9.17) is 10.5 Å². The molecule has 4 aromatic rings. The van der Waals surface area contributed by atoms with Crippen molar-refractivity contribution in [1.29, 1.82) is 5.26 Å². The fourth-order valence-electron chi connectivity index (χ4n) is 6.19. The zero-order valence-electron chi connectivity index (χ0n) is 28.8. The van der Waals surface area contributed by atoms with Gasteiger partial charge in [0.1, 0.15) is 28.2 Å². The highest BCUT2D eigenvalue weighted by Crippen LogP contribution is 2.48. The number of amides is 1. The van der Waals surface area contributed by atoms with Gasteiger partial charge in [-0.05, 0) is 64.1 Å². The first-order chi connectivity index (χ1) is 23.7. The topological polar surface area (TPSA) is 112 Å². The third-order valence-corrected chi connectivity index (χ3v) is 9.87. The molecular formula is C35H40F5N7O2S. The molecule has 2 aromatic heterocycles. The zero-order chi connectivity index (χ0) is 37.1. The SMILES string of the molecule is C=CC(=O)N1CCN(c2nc(OC)nc3c(F)c(-c4ccc(F)c5sc(N)c(C#N)c45)c(C(F)(F)F)cc23)CC1C.CC.CC1CCCN1C. The second-order valence-corrected chi connectivity index (χ2v) is 12.8. The molecule has 2 N–H and O–H groups in total. The molecule has 2 atom stereocenters. The number of nitrogen functional groups attached to an aromatic ring is 1. The van der Waals surface area contributed by atoms with Gasteiger partial charge in [0.05, 0.1) is 22.9 Å². The molecule has 2 saturated heterocycles. The molecule has 268 valence electrons. The van der Waals surface area contributed by atoms with Crippen LogP contribution < -0.4 is 15.4 Å². The molecule has 0 bridgehead atoms. The summed E-state index contributed by atoms with van der Waals surface area (Å²) in [5.74, 6) is -2.48. The van der Waals surface area contributed by atoms with Crippen LogP contribution in [0.3, 0.4) is 0 Å². The normalized spacial score (nSPS) is 17.9. The number of rotatable bonds is 4. The second-order valence-electron chi connectivity index (χ2n) is 11.8. The largest absolute Gasteiger partial charge is 0.467 e. The molecule has 9 nitrogen and oxygen atoms in total. The van der Waals surface area contributed by atoms with Crippen molar-refractivity contribution in [3.8, 4) is 23.2 Å². The minimum atomic E-state index is -5.07. The van der Waals surface area contributed by atoms with Crippen LogP contribution in [0.4, 0.5) is 32.8 Å². The third kappa shape index (κ3) is 7.32. The minimum absolute atomic E-state index is 0.0119. The number of methoxy groups -OCH3 is 1. The Morgan fingerprint density at radius 1 is 1.16 bits per heavy atom. The predicted molar refractivity (Wildman–Crippen MR) is 187 cm³/mol. The Morgan fingerprint density at radius 3 is 2.38 bits per heavy atom. The number of halogens is 5. The first-order valence-electron chi connectivity index (χ1n) is 16.2. The zero-order valence-corrected chi connectivity index (χ0v) is 29.6. The summed E-state index contributed by atoms with van der Waals surface area (Å²) in [6, 6.07) is 4.61. The van der Waals surface area contributed by atoms with Crippen LogP contribution in [-0.2, 0) is 11.0 Å². The van der Waals surface area contributed by atoms with Crippen LogP contribution in [0.1, 0.15) is 51.7 Å². The van der Waals surface area contributed by atoms with Crippen LogP contribution in [-0.4, -0.2) is 78.1 Å². The Balaban J connectivity index is 0.000000549. The third-order valence-electron chi connectivity index (χ3n) is 8.85. The number of hydrogen-bond donors (Lipinski definition) is 1. The van der Waals surface area contributed by atoms with E-state index >= 15 is 4.39 Å². The van der Waals surface area contributed by atoms with Gasteiger partial charge in [-0.3, -0.25) is 4.79 Å². The van der Waals surface area contributed by atoms with E-state index in [2.05, 4.69) is 35.4 Å². The molecule has 2 aromatic carbocycles. The number of carbonyl (C=O) groups excluding carboxylic acids is 1. The van der Waals surface area contributed by atoms with E-state index in [-0.39, 0.29) is 75.0 Å². The summed E-state index contributed by atoms with van der Waals surface area (Å²) in [4.78, 5) is 26.1. The molecule has 2 aliphatic rings. The Hall–Kier alpha value is -4.55. The monoisotopic (exact) mass is 717 g/mol. The number of carbonyl (C=O) groups is 1. The second kappa shape index (κ2) is 15.6. The highest BCUT2D eigenvalue weighted by Gasteiger charge is 2.39. The Labute approximate surface area is 291 Å². The smallest absolute Gasteiger partial charge is 0.417 e. The molecule has 2 fully saturated rings. The molecular weight excluding hydrogens is 677 g/mol. The van der Waals surface area contributed by atoms with Gasteiger partial charge in [0, 0.05) is 48.1 Å². The number of fused-ring (bicyclic) bond motifs is 2. The maximum absolute atomic E-state index is 16.4. The number of aromatic nitrogens is 2.